The first-order valence-corrected chi connectivity index (χ1v) is 10.1. The van der Waals surface area contributed by atoms with E-state index in [1.54, 1.807) is 23.5 Å². The van der Waals surface area contributed by atoms with Gasteiger partial charge in [0.1, 0.15) is 11.5 Å². The molecule has 0 radical (unpaired) electrons. The molecule has 7 heteroatoms. The fourth-order valence-electron chi connectivity index (χ4n) is 3.24. The third-order valence-corrected chi connectivity index (χ3v) is 6.13. The van der Waals surface area contributed by atoms with Gasteiger partial charge in [-0.2, -0.15) is 0 Å². The zero-order valence-corrected chi connectivity index (χ0v) is 16.4. The number of ether oxygens (including phenoxy) is 1. The standard InChI is InChI=1S/C19H18BrFN2O2S/c20-18-9-15-17(26-18)8-16(19(24)22-10-14-2-1-7-25-14)23(15)11-12-3-5-13(21)6-4-12/h3-6,8-9,14H,1-2,7,10-11H2,(H,22,24). The van der Waals surface area contributed by atoms with Crippen molar-refractivity contribution in [3.8, 4) is 0 Å². The Labute approximate surface area is 163 Å². The topological polar surface area (TPSA) is 43.3 Å². The minimum Gasteiger partial charge on any atom is -0.376 e. The van der Waals surface area contributed by atoms with E-state index in [4.69, 9.17) is 4.74 Å². The molecule has 1 fully saturated rings. The highest BCUT2D eigenvalue weighted by Gasteiger charge is 2.20. The van der Waals surface area contributed by atoms with E-state index >= 15 is 0 Å². The van der Waals surface area contributed by atoms with Crippen molar-refractivity contribution in [2.75, 3.05) is 13.2 Å². The first-order valence-electron chi connectivity index (χ1n) is 8.53. The first kappa shape index (κ1) is 17.7. The molecular weight excluding hydrogens is 419 g/mol. The van der Waals surface area contributed by atoms with Gasteiger partial charge >= 0.3 is 0 Å². The van der Waals surface area contributed by atoms with Gasteiger partial charge < -0.3 is 14.6 Å². The number of thiophene rings is 1. The zero-order chi connectivity index (χ0) is 18.1. The fourth-order valence-corrected chi connectivity index (χ4v) is 4.81. The molecule has 1 saturated heterocycles. The maximum absolute atomic E-state index is 13.2. The number of carbonyl (C=O) groups is 1. The van der Waals surface area contributed by atoms with Crippen LogP contribution in [0.5, 0.6) is 0 Å². The SMILES string of the molecule is O=C(NCC1CCCO1)c1cc2sc(Br)cc2n1Cc1ccc(F)cc1. The number of hydrogen-bond donors (Lipinski definition) is 1. The molecule has 1 N–H and O–H groups in total. The lowest BCUT2D eigenvalue weighted by atomic mass is 10.2. The molecule has 4 nitrogen and oxygen atoms in total. The summed E-state index contributed by atoms with van der Waals surface area (Å²) in [7, 11) is 0. The number of carbonyl (C=O) groups excluding carboxylic acids is 1. The Morgan fingerprint density at radius 2 is 2.15 bits per heavy atom. The van der Waals surface area contributed by atoms with Crippen LogP contribution >= 0.6 is 27.3 Å². The second-order valence-corrected chi connectivity index (χ2v) is 8.85. The van der Waals surface area contributed by atoms with Crippen molar-refractivity contribution in [2.45, 2.75) is 25.5 Å². The van der Waals surface area contributed by atoms with E-state index < -0.39 is 0 Å². The molecule has 0 spiro atoms. The Hall–Kier alpha value is -1.70. The van der Waals surface area contributed by atoms with Gasteiger partial charge in [-0.05, 0) is 58.6 Å². The number of rotatable bonds is 5. The summed E-state index contributed by atoms with van der Waals surface area (Å²) in [5.41, 5.74) is 2.55. The van der Waals surface area contributed by atoms with Gasteiger partial charge in [0.05, 0.1) is 20.1 Å². The summed E-state index contributed by atoms with van der Waals surface area (Å²) in [5.74, 6) is -0.374. The van der Waals surface area contributed by atoms with E-state index in [9.17, 15) is 9.18 Å². The normalized spacial score (nSPS) is 17.1. The smallest absolute Gasteiger partial charge is 0.268 e. The van der Waals surface area contributed by atoms with E-state index in [0.717, 1.165) is 39.0 Å². The molecule has 1 aromatic carbocycles. The number of hydrogen-bond acceptors (Lipinski definition) is 3. The average Bonchev–Trinajstić information content (AvgIpc) is 3.32. The van der Waals surface area contributed by atoms with Gasteiger partial charge in [-0.25, -0.2) is 4.39 Å². The third-order valence-electron chi connectivity index (χ3n) is 4.56. The van der Waals surface area contributed by atoms with Crippen LogP contribution in [-0.4, -0.2) is 29.7 Å². The number of nitrogens with one attached hydrogen (secondary N) is 1. The fraction of sp³-hybridized carbons (Fsp3) is 0.316. The number of halogens is 2. The van der Waals surface area contributed by atoms with Crippen molar-refractivity contribution in [2.24, 2.45) is 0 Å². The van der Waals surface area contributed by atoms with Gasteiger partial charge in [-0.3, -0.25) is 4.79 Å². The lowest BCUT2D eigenvalue weighted by molar-refractivity contribution is 0.0851. The van der Waals surface area contributed by atoms with E-state index in [2.05, 4.69) is 21.2 Å². The largest absolute Gasteiger partial charge is 0.376 e. The van der Waals surface area contributed by atoms with Crippen LogP contribution in [0.1, 0.15) is 28.9 Å². The molecule has 3 heterocycles. The van der Waals surface area contributed by atoms with Crippen molar-refractivity contribution >= 4 is 43.4 Å². The van der Waals surface area contributed by atoms with Crippen LogP contribution in [0.3, 0.4) is 0 Å². The molecule has 1 unspecified atom stereocenters. The van der Waals surface area contributed by atoms with Crippen molar-refractivity contribution in [3.05, 3.63) is 57.3 Å². The van der Waals surface area contributed by atoms with Crippen molar-refractivity contribution < 1.29 is 13.9 Å². The number of nitrogens with zero attached hydrogens (tertiary/aromatic N) is 1. The van der Waals surface area contributed by atoms with Crippen molar-refractivity contribution in [3.63, 3.8) is 0 Å². The molecule has 3 aromatic rings. The summed E-state index contributed by atoms with van der Waals surface area (Å²) in [6.45, 7) is 1.80. The van der Waals surface area contributed by atoms with Crippen LogP contribution in [0.25, 0.3) is 10.2 Å². The zero-order valence-electron chi connectivity index (χ0n) is 14.0. The van der Waals surface area contributed by atoms with E-state index in [1.165, 1.54) is 12.1 Å². The Kier molecular flexibility index (Phi) is 5.11. The maximum Gasteiger partial charge on any atom is 0.268 e. The van der Waals surface area contributed by atoms with Crippen LogP contribution in [0.2, 0.25) is 0 Å². The molecule has 1 amide bonds. The van der Waals surface area contributed by atoms with E-state index in [0.29, 0.717) is 18.8 Å². The summed E-state index contributed by atoms with van der Waals surface area (Å²) in [6, 6.07) is 10.3. The lowest BCUT2D eigenvalue weighted by Crippen LogP contribution is -2.33. The van der Waals surface area contributed by atoms with E-state index in [-0.39, 0.29) is 17.8 Å². The van der Waals surface area contributed by atoms with Gasteiger partial charge in [0.25, 0.3) is 5.91 Å². The number of aromatic nitrogens is 1. The van der Waals surface area contributed by atoms with Gasteiger partial charge in [0.15, 0.2) is 0 Å². The van der Waals surface area contributed by atoms with Gasteiger partial charge in [0, 0.05) is 19.7 Å². The molecule has 0 saturated carbocycles. The number of amides is 1. The summed E-state index contributed by atoms with van der Waals surface area (Å²) in [4.78, 5) is 12.8. The lowest BCUT2D eigenvalue weighted by Gasteiger charge is -2.13. The first-order chi connectivity index (χ1) is 12.6. The minimum absolute atomic E-state index is 0.106. The van der Waals surface area contributed by atoms with Crippen molar-refractivity contribution in [1.29, 1.82) is 0 Å². The quantitative estimate of drug-likeness (QED) is 0.636. The highest BCUT2D eigenvalue weighted by molar-refractivity contribution is 9.11. The monoisotopic (exact) mass is 436 g/mol. The molecule has 0 bridgehead atoms. The Morgan fingerprint density at radius 3 is 2.88 bits per heavy atom. The maximum atomic E-state index is 13.2. The van der Waals surface area contributed by atoms with Crippen LogP contribution in [0.15, 0.2) is 40.2 Å². The summed E-state index contributed by atoms with van der Waals surface area (Å²) >= 11 is 5.10. The molecule has 26 heavy (non-hydrogen) atoms. The molecule has 136 valence electrons. The highest BCUT2D eigenvalue weighted by Crippen LogP contribution is 2.33. The Balaban J connectivity index is 1.61. The molecule has 4 rings (SSSR count). The second kappa shape index (κ2) is 7.50. The van der Waals surface area contributed by atoms with Crippen molar-refractivity contribution in [1.82, 2.24) is 9.88 Å². The predicted octanol–water partition coefficient (Wildman–Crippen LogP) is 4.56. The molecule has 1 atom stereocenters. The van der Waals surface area contributed by atoms with Crippen LogP contribution in [0.4, 0.5) is 4.39 Å². The number of fused-ring (bicyclic) bond motifs is 1. The predicted molar refractivity (Wildman–Crippen MR) is 104 cm³/mol. The molecule has 2 aromatic heterocycles. The van der Waals surface area contributed by atoms with Gasteiger partial charge in [0.2, 0.25) is 0 Å². The number of benzene rings is 1. The van der Waals surface area contributed by atoms with Crippen LogP contribution in [-0.2, 0) is 11.3 Å². The Bertz CT molecular complexity index is 929. The van der Waals surface area contributed by atoms with Gasteiger partial charge in [-0.15, -0.1) is 11.3 Å². The summed E-state index contributed by atoms with van der Waals surface area (Å²) in [5, 5.41) is 2.99. The van der Waals surface area contributed by atoms with Crippen LogP contribution in [0, 0.1) is 5.82 Å². The second-order valence-electron chi connectivity index (χ2n) is 6.39. The minimum atomic E-state index is -0.265. The molecule has 1 aliphatic heterocycles. The highest BCUT2D eigenvalue weighted by atomic mass is 79.9. The van der Waals surface area contributed by atoms with E-state index in [1.807, 2.05) is 16.7 Å². The molecular formula is C19H18BrFN2O2S. The van der Waals surface area contributed by atoms with Gasteiger partial charge in [-0.1, -0.05) is 12.1 Å². The third kappa shape index (κ3) is 3.70. The summed E-state index contributed by atoms with van der Waals surface area (Å²) in [6.07, 6.45) is 2.14. The average molecular weight is 437 g/mol. The Morgan fingerprint density at radius 1 is 1.35 bits per heavy atom. The molecule has 0 aliphatic carbocycles. The summed E-state index contributed by atoms with van der Waals surface area (Å²) < 4.78 is 22.8. The molecule has 1 aliphatic rings. The van der Waals surface area contributed by atoms with Crippen LogP contribution < -0.4 is 5.32 Å².